The average molecular weight is 252 g/mol. The molecular weight excluding hydrogens is 232 g/mol. The number of fused-ring (bicyclic) bond motifs is 2. The lowest BCUT2D eigenvalue weighted by Crippen LogP contribution is -2.32. The molecule has 0 aliphatic carbocycles. The molecule has 1 aromatic carbocycles. The third kappa shape index (κ3) is 1.82. The Kier molecular flexibility index (Phi) is 2.52. The highest BCUT2D eigenvalue weighted by atomic mass is 15.2. The maximum absolute atomic E-state index is 3.33. The second-order valence-corrected chi connectivity index (χ2v) is 5.96. The Bertz CT molecular complexity index is 650. The van der Waals surface area contributed by atoms with Gasteiger partial charge in [0.25, 0.3) is 0 Å². The summed E-state index contributed by atoms with van der Waals surface area (Å²) < 4.78 is 0. The zero-order chi connectivity index (χ0) is 12.8. The van der Waals surface area contributed by atoms with Gasteiger partial charge in [0.2, 0.25) is 0 Å². The number of hydrogen-bond donors (Lipinski definition) is 1. The maximum atomic E-state index is 3.33. The molecule has 2 nitrogen and oxygen atoms in total. The fourth-order valence-corrected chi connectivity index (χ4v) is 3.63. The molecule has 0 saturated carbocycles. The van der Waals surface area contributed by atoms with Gasteiger partial charge in [0, 0.05) is 29.7 Å². The fourth-order valence-electron chi connectivity index (χ4n) is 3.63. The van der Waals surface area contributed by atoms with E-state index in [0.717, 1.165) is 12.6 Å². The van der Waals surface area contributed by atoms with Gasteiger partial charge in [0.05, 0.1) is 0 Å². The molecule has 1 aromatic heterocycles. The molecule has 4 rings (SSSR count). The van der Waals surface area contributed by atoms with Crippen molar-refractivity contribution in [3.8, 4) is 0 Å². The predicted molar refractivity (Wildman–Crippen MR) is 80.2 cm³/mol. The molecule has 19 heavy (non-hydrogen) atoms. The van der Waals surface area contributed by atoms with E-state index in [2.05, 4.69) is 47.3 Å². The normalized spacial score (nSPS) is 23.6. The predicted octanol–water partition coefficient (Wildman–Crippen LogP) is 3.73. The molecule has 2 aromatic rings. The first-order valence-corrected chi connectivity index (χ1v) is 7.32. The van der Waals surface area contributed by atoms with Gasteiger partial charge in [-0.2, -0.15) is 0 Å². The van der Waals surface area contributed by atoms with Gasteiger partial charge in [0.1, 0.15) is 0 Å². The first kappa shape index (κ1) is 11.3. The van der Waals surface area contributed by atoms with E-state index in [1.54, 1.807) is 5.57 Å². The van der Waals surface area contributed by atoms with E-state index in [4.69, 9.17) is 0 Å². The summed E-state index contributed by atoms with van der Waals surface area (Å²) in [5.41, 5.74) is 5.56. The number of nitrogens with one attached hydrogen (secondary N) is 1. The van der Waals surface area contributed by atoms with E-state index in [0.29, 0.717) is 0 Å². The Morgan fingerprint density at radius 3 is 3.21 bits per heavy atom. The van der Waals surface area contributed by atoms with Crippen LogP contribution in [0.1, 0.15) is 30.4 Å². The van der Waals surface area contributed by atoms with Crippen LogP contribution in [0, 0.1) is 6.92 Å². The third-order valence-electron chi connectivity index (χ3n) is 4.79. The van der Waals surface area contributed by atoms with Crippen LogP contribution in [0.3, 0.4) is 0 Å². The molecule has 0 radical (unpaired) electrons. The number of aromatic nitrogens is 1. The highest BCUT2D eigenvalue weighted by Gasteiger charge is 2.27. The van der Waals surface area contributed by atoms with Crippen molar-refractivity contribution in [2.45, 2.75) is 32.2 Å². The van der Waals surface area contributed by atoms with Crippen LogP contribution in [0.25, 0.3) is 16.5 Å². The molecule has 2 aliphatic heterocycles. The van der Waals surface area contributed by atoms with Crippen molar-refractivity contribution in [3.05, 3.63) is 41.6 Å². The van der Waals surface area contributed by atoms with E-state index in [9.17, 15) is 0 Å². The van der Waals surface area contributed by atoms with Crippen molar-refractivity contribution in [2.75, 3.05) is 13.1 Å². The van der Waals surface area contributed by atoms with Gasteiger partial charge in [-0.3, -0.25) is 4.90 Å². The number of aromatic amines is 1. The highest BCUT2D eigenvalue weighted by molar-refractivity contribution is 5.87. The molecule has 1 N–H and O–H groups in total. The molecule has 1 saturated heterocycles. The van der Waals surface area contributed by atoms with Crippen LogP contribution >= 0.6 is 0 Å². The van der Waals surface area contributed by atoms with Gasteiger partial charge in [-0.25, -0.2) is 0 Å². The lowest BCUT2D eigenvalue weighted by Gasteiger charge is -2.29. The molecule has 2 aliphatic rings. The van der Waals surface area contributed by atoms with E-state index in [-0.39, 0.29) is 0 Å². The van der Waals surface area contributed by atoms with Gasteiger partial charge in [-0.05, 0) is 61.6 Å². The van der Waals surface area contributed by atoms with Crippen LogP contribution in [0.4, 0.5) is 0 Å². The van der Waals surface area contributed by atoms with Crippen LogP contribution < -0.4 is 0 Å². The van der Waals surface area contributed by atoms with Crippen LogP contribution in [0.5, 0.6) is 0 Å². The lowest BCUT2D eigenvalue weighted by molar-refractivity contribution is 0.275. The van der Waals surface area contributed by atoms with E-state index >= 15 is 0 Å². The van der Waals surface area contributed by atoms with E-state index in [1.807, 2.05) is 0 Å². The standard InChI is InChI=1S/C17H20N2/c1-12-11-18-17-5-4-13(10-16(12)17)14-6-8-19-7-2-3-15(19)9-14/h4-6,10-11,15,18H,2-3,7-9H2,1H3. The van der Waals surface area contributed by atoms with Crippen molar-refractivity contribution in [1.29, 1.82) is 0 Å². The van der Waals surface area contributed by atoms with Crippen LogP contribution in [-0.2, 0) is 0 Å². The average Bonchev–Trinajstić information content (AvgIpc) is 3.05. The van der Waals surface area contributed by atoms with Crippen LogP contribution in [0.2, 0.25) is 0 Å². The summed E-state index contributed by atoms with van der Waals surface area (Å²) in [6.07, 6.45) is 8.52. The largest absolute Gasteiger partial charge is 0.361 e. The van der Waals surface area contributed by atoms with Gasteiger partial charge >= 0.3 is 0 Å². The zero-order valence-corrected chi connectivity index (χ0v) is 11.4. The van der Waals surface area contributed by atoms with Crippen molar-refractivity contribution in [1.82, 2.24) is 9.88 Å². The Hall–Kier alpha value is -1.54. The molecule has 1 unspecified atom stereocenters. The maximum Gasteiger partial charge on any atom is 0.0457 e. The molecule has 0 spiro atoms. The SMILES string of the molecule is Cc1c[nH]c2ccc(C3=CCN4CCCC4C3)cc12. The Balaban J connectivity index is 1.72. The topological polar surface area (TPSA) is 19.0 Å². The number of H-pyrrole nitrogens is 1. The number of benzene rings is 1. The van der Waals surface area contributed by atoms with Crippen molar-refractivity contribution in [2.24, 2.45) is 0 Å². The summed E-state index contributed by atoms with van der Waals surface area (Å²) in [4.78, 5) is 5.96. The lowest BCUT2D eigenvalue weighted by atomic mass is 9.93. The highest BCUT2D eigenvalue weighted by Crippen LogP contribution is 2.33. The van der Waals surface area contributed by atoms with Gasteiger partial charge in [-0.15, -0.1) is 0 Å². The number of aryl methyl sites for hydroxylation is 1. The summed E-state index contributed by atoms with van der Waals surface area (Å²) in [5.74, 6) is 0. The zero-order valence-electron chi connectivity index (χ0n) is 11.4. The summed E-state index contributed by atoms with van der Waals surface area (Å²) in [7, 11) is 0. The number of nitrogens with zero attached hydrogens (tertiary/aromatic N) is 1. The molecule has 3 heterocycles. The second-order valence-electron chi connectivity index (χ2n) is 5.96. The molecule has 0 amide bonds. The first-order chi connectivity index (χ1) is 9.31. The quantitative estimate of drug-likeness (QED) is 0.819. The van der Waals surface area contributed by atoms with Crippen molar-refractivity contribution in [3.63, 3.8) is 0 Å². The number of rotatable bonds is 1. The fraction of sp³-hybridized carbons (Fsp3) is 0.412. The summed E-state index contributed by atoms with van der Waals surface area (Å²) in [6, 6.07) is 7.65. The Labute approximate surface area is 114 Å². The Morgan fingerprint density at radius 1 is 1.32 bits per heavy atom. The molecule has 2 heteroatoms. The molecule has 1 atom stereocenters. The smallest absolute Gasteiger partial charge is 0.0457 e. The number of hydrogen-bond acceptors (Lipinski definition) is 1. The van der Waals surface area contributed by atoms with Gasteiger partial charge in [-0.1, -0.05) is 12.1 Å². The molecule has 0 bridgehead atoms. The summed E-state index contributed by atoms with van der Waals surface area (Å²) >= 11 is 0. The van der Waals surface area contributed by atoms with E-state index in [1.165, 1.54) is 47.8 Å². The van der Waals surface area contributed by atoms with Crippen LogP contribution in [-0.4, -0.2) is 29.0 Å². The minimum Gasteiger partial charge on any atom is -0.361 e. The van der Waals surface area contributed by atoms with Gasteiger partial charge in [0.15, 0.2) is 0 Å². The summed E-state index contributed by atoms with van der Waals surface area (Å²) in [6.45, 7) is 4.62. The monoisotopic (exact) mass is 252 g/mol. The second kappa shape index (κ2) is 4.24. The van der Waals surface area contributed by atoms with Gasteiger partial charge < -0.3 is 4.98 Å². The summed E-state index contributed by atoms with van der Waals surface area (Å²) in [5, 5.41) is 1.37. The van der Waals surface area contributed by atoms with Crippen molar-refractivity contribution < 1.29 is 0 Å². The molecule has 1 fully saturated rings. The molecular formula is C17H20N2. The minimum absolute atomic E-state index is 0.794. The van der Waals surface area contributed by atoms with Crippen molar-refractivity contribution >= 4 is 16.5 Å². The first-order valence-electron chi connectivity index (χ1n) is 7.32. The molecule has 98 valence electrons. The van der Waals surface area contributed by atoms with E-state index < -0.39 is 0 Å². The third-order valence-corrected chi connectivity index (χ3v) is 4.79. The Morgan fingerprint density at radius 2 is 2.26 bits per heavy atom. The minimum atomic E-state index is 0.794. The van der Waals surface area contributed by atoms with Crippen LogP contribution in [0.15, 0.2) is 30.5 Å².